The van der Waals surface area contributed by atoms with Crippen molar-refractivity contribution >= 4 is 5.97 Å². The number of hydrogen-bond donors (Lipinski definition) is 1. The van der Waals surface area contributed by atoms with Crippen LogP contribution in [0.5, 0.6) is 5.75 Å². The molecule has 2 aromatic rings. The molecule has 0 aliphatic heterocycles. The molecule has 1 N–H and O–H groups in total. The summed E-state index contributed by atoms with van der Waals surface area (Å²) in [6, 6.07) is 9.66. The minimum absolute atomic E-state index is 0.0750. The molecule has 5 nitrogen and oxygen atoms in total. The number of aromatic carboxylic acids is 1. The van der Waals surface area contributed by atoms with E-state index in [2.05, 4.69) is 0 Å². The Bertz CT molecular complexity index is 676. The third kappa shape index (κ3) is 3.26. The third-order valence-electron chi connectivity index (χ3n) is 2.91. The lowest BCUT2D eigenvalue weighted by Crippen LogP contribution is -2.21. The van der Waals surface area contributed by atoms with E-state index in [1.807, 2.05) is 0 Å². The molecule has 0 saturated carbocycles. The Kier molecular flexibility index (Phi) is 4.20. The van der Waals surface area contributed by atoms with Gasteiger partial charge in [0.25, 0.3) is 5.56 Å². The predicted molar refractivity (Wildman–Crippen MR) is 74.3 cm³/mol. The van der Waals surface area contributed by atoms with E-state index in [0.717, 1.165) is 5.56 Å². The van der Waals surface area contributed by atoms with E-state index >= 15 is 0 Å². The first-order chi connectivity index (χ1) is 9.58. The van der Waals surface area contributed by atoms with Crippen molar-refractivity contribution in [2.24, 2.45) is 0 Å². The van der Waals surface area contributed by atoms with Crippen molar-refractivity contribution in [3.8, 4) is 5.75 Å². The molecule has 20 heavy (non-hydrogen) atoms. The van der Waals surface area contributed by atoms with Gasteiger partial charge in [-0.05, 0) is 36.8 Å². The number of carboxylic acids is 1. The Morgan fingerprint density at radius 3 is 2.75 bits per heavy atom. The molecular weight excluding hydrogens is 258 g/mol. The quantitative estimate of drug-likeness (QED) is 0.903. The summed E-state index contributed by atoms with van der Waals surface area (Å²) in [6.07, 6.45) is 1.70. The molecule has 0 aliphatic rings. The molecule has 0 spiro atoms. The van der Waals surface area contributed by atoms with Crippen molar-refractivity contribution in [1.29, 1.82) is 0 Å². The van der Waals surface area contributed by atoms with Crippen LogP contribution in [-0.2, 0) is 6.54 Å². The number of ether oxygens (including phenoxy) is 1. The molecule has 0 aliphatic carbocycles. The minimum Gasteiger partial charge on any atom is -0.491 e. The average Bonchev–Trinajstić information content (AvgIpc) is 2.42. The van der Waals surface area contributed by atoms with E-state index in [4.69, 9.17) is 9.84 Å². The minimum atomic E-state index is -0.963. The molecule has 0 atom stereocenters. The fourth-order valence-electron chi connectivity index (χ4n) is 1.84. The standard InChI is InChI=1S/C15H15NO4/c1-11-10-12(15(18)19)5-6-13(11)20-9-8-16-7-3-2-4-14(16)17/h2-7,10H,8-9H2,1H3,(H,18,19). The van der Waals surface area contributed by atoms with Gasteiger partial charge >= 0.3 is 5.97 Å². The van der Waals surface area contributed by atoms with E-state index in [1.165, 1.54) is 12.1 Å². The van der Waals surface area contributed by atoms with Gasteiger partial charge in [0.1, 0.15) is 12.4 Å². The Labute approximate surface area is 116 Å². The van der Waals surface area contributed by atoms with E-state index in [-0.39, 0.29) is 11.1 Å². The van der Waals surface area contributed by atoms with Gasteiger partial charge in [0.15, 0.2) is 0 Å². The molecule has 0 saturated heterocycles. The Hall–Kier alpha value is -2.56. The second kappa shape index (κ2) is 6.06. The molecular formula is C15H15NO4. The number of pyridine rings is 1. The van der Waals surface area contributed by atoms with Crippen LogP contribution >= 0.6 is 0 Å². The number of carbonyl (C=O) groups is 1. The number of rotatable bonds is 5. The smallest absolute Gasteiger partial charge is 0.335 e. The lowest BCUT2D eigenvalue weighted by Gasteiger charge is -2.10. The summed E-state index contributed by atoms with van der Waals surface area (Å²) in [4.78, 5) is 22.3. The van der Waals surface area contributed by atoms with Gasteiger partial charge < -0.3 is 14.4 Å². The molecule has 0 bridgehead atoms. The summed E-state index contributed by atoms with van der Waals surface area (Å²) in [5, 5.41) is 8.88. The number of aromatic nitrogens is 1. The summed E-state index contributed by atoms with van der Waals surface area (Å²) in [6.45, 7) is 2.58. The molecule has 0 radical (unpaired) electrons. The predicted octanol–water partition coefficient (Wildman–Crippen LogP) is 1.93. The first-order valence-electron chi connectivity index (χ1n) is 6.20. The van der Waals surface area contributed by atoms with Crippen molar-refractivity contribution in [1.82, 2.24) is 4.57 Å². The topological polar surface area (TPSA) is 68.5 Å². The van der Waals surface area contributed by atoms with Gasteiger partial charge in [0.05, 0.1) is 12.1 Å². The second-order valence-electron chi connectivity index (χ2n) is 4.37. The summed E-state index contributed by atoms with van der Waals surface area (Å²) in [5.74, 6) is -0.338. The molecule has 1 heterocycles. The van der Waals surface area contributed by atoms with Crippen molar-refractivity contribution in [3.63, 3.8) is 0 Å². The number of aryl methyl sites for hydroxylation is 1. The molecule has 0 fully saturated rings. The number of hydrogen-bond acceptors (Lipinski definition) is 3. The van der Waals surface area contributed by atoms with Gasteiger partial charge in [-0.2, -0.15) is 0 Å². The number of nitrogens with zero attached hydrogens (tertiary/aromatic N) is 1. The zero-order valence-corrected chi connectivity index (χ0v) is 11.1. The van der Waals surface area contributed by atoms with E-state index in [1.54, 1.807) is 42.0 Å². The highest BCUT2D eigenvalue weighted by atomic mass is 16.5. The fraction of sp³-hybridized carbons (Fsp3) is 0.200. The summed E-state index contributed by atoms with van der Waals surface area (Å²) in [5.41, 5.74) is 0.911. The average molecular weight is 273 g/mol. The zero-order chi connectivity index (χ0) is 14.5. The van der Waals surface area contributed by atoms with Crippen LogP contribution in [0.4, 0.5) is 0 Å². The molecule has 0 unspecified atom stereocenters. The maximum atomic E-state index is 11.5. The summed E-state index contributed by atoms with van der Waals surface area (Å²) in [7, 11) is 0. The van der Waals surface area contributed by atoms with Gasteiger partial charge in [-0.15, -0.1) is 0 Å². The highest BCUT2D eigenvalue weighted by Gasteiger charge is 2.06. The van der Waals surface area contributed by atoms with Crippen LogP contribution in [0.15, 0.2) is 47.4 Å². The molecule has 0 amide bonds. The Morgan fingerprint density at radius 2 is 2.10 bits per heavy atom. The monoisotopic (exact) mass is 273 g/mol. The number of benzene rings is 1. The van der Waals surface area contributed by atoms with Gasteiger partial charge in [0, 0.05) is 12.3 Å². The molecule has 5 heteroatoms. The van der Waals surface area contributed by atoms with Gasteiger partial charge in [0.2, 0.25) is 0 Å². The fourth-order valence-corrected chi connectivity index (χ4v) is 1.84. The highest BCUT2D eigenvalue weighted by Crippen LogP contribution is 2.19. The first kappa shape index (κ1) is 13.9. The lowest BCUT2D eigenvalue weighted by atomic mass is 10.1. The van der Waals surface area contributed by atoms with Crippen LogP contribution in [0.1, 0.15) is 15.9 Å². The van der Waals surface area contributed by atoms with E-state index in [0.29, 0.717) is 18.9 Å². The van der Waals surface area contributed by atoms with Crippen molar-refractivity contribution in [3.05, 3.63) is 64.1 Å². The number of carboxylic acid groups (broad SMARTS) is 1. The highest BCUT2D eigenvalue weighted by molar-refractivity contribution is 5.88. The maximum Gasteiger partial charge on any atom is 0.335 e. The normalized spacial score (nSPS) is 10.2. The van der Waals surface area contributed by atoms with Crippen molar-refractivity contribution in [2.75, 3.05) is 6.61 Å². The summed E-state index contributed by atoms with van der Waals surface area (Å²) >= 11 is 0. The van der Waals surface area contributed by atoms with Gasteiger partial charge in [-0.1, -0.05) is 6.07 Å². The molecule has 1 aromatic heterocycles. The van der Waals surface area contributed by atoms with Crippen LogP contribution in [0.2, 0.25) is 0 Å². The molecule has 2 rings (SSSR count). The van der Waals surface area contributed by atoms with Gasteiger partial charge in [-0.25, -0.2) is 4.79 Å². The molecule has 1 aromatic carbocycles. The second-order valence-corrected chi connectivity index (χ2v) is 4.37. The van der Waals surface area contributed by atoms with Crippen LogP contribution in [0, 0.1) is 6.92 Å². The largest absolute Gasteiger partial charge is 0.491 e. The van der Waals surface area contributed by atoms with Crippen LogP contribution in [0.25, 0.3) is 0 Å². The van der Waals surface area contributed by atoms with Crippen LogP contribution < -0.4 is 10.3 Å². The van der Waals surface area contributed by atoms with Crippen LogP contribution in [-0.4, -0.2) is 22.2 Å². The zero-order valence-electron chi connectivity index (χ0n) is 11.1. The SMILES string of the molecule is Cc1cc(C(=O)O)ccc1OCCn1ccccc1=O. The lowest BCUT2D eigenvalue weighted by molar-refractivity contribution is 0.0696. The summed E-state index contributed by atoms with van der Waals surface area (Å²) < 4.78 is 7.13. The first-order valence-corrected chi connectivity index (χ1v) is 6.20. The van der Waals surface area contributed by atoms with Crippen LogP contribution in [0.3, 0.4) is 0 Å². The Balaban J connectivity index is 2.00. The maximum absolute atomic E-state index is 11.5. The van der Waals surface area contributed by atoms with E-state index < -0.39 is 5.97 Å². The van der Waals surface area contributed by atoms with Crippen molar-refractivity contribution in [2.45, 2.75) is 13.5 Å². The van der Waals surface area contributed by atoms with E-state index in [9.17, 15) is 9.59 Å². The third-order valence-corrected chi connectivity index (χ3v) is 2.91. The molecule has 104 valence electrons. The van der Waals surface area contributed by atoms with Crippen molar-refractivity contribution < 1.29 is 14.6 Å². The van der Waals surface area contributed by atoms with Gasteiger partial charge in [-0.3, -0.25) is 4.79 Å². The Morgan fingerprint density at radius 1 is 1.30 bits per heavy atom.